The van der Waals surface area contributed by atoms with Gasteiger partial charge in [-0.1, -0.05) is 12.1 Å². The maximum Gasteiger partial charge on any atom is 0.231 e. The molecular formula is C18H24N2O3. The number of fused-ring (bicyclic) bond motifs is 1. The zero-order valence-corrected chi connectivity index (χ0v) is 13.5. The molecule has 3 aliphatic heterocycles. The topological polar surface area (TPSA) is 42.0 Å². The van der Waals surface area contributed by atoms with Crippen LogP contribution >= 0.6 is 0 Å². The molecule has 0 spiro atoms. The number of nitrogens with zero attached hydrogens (tertiary/aromatic N) is 2. The highest BCUT2D eigenvalue weighted by atomic mass is 16.7. The van der Waals surface area contributed by atoms with E-state index in [0.29, 0.717) is 18.6 Å². The Morgan fingerprint density at radius 1 is 1.17 bits per heavy atom. The van der Waals surface area contributed by atoms with Crippen molar-refractivity contribution in [3.63, 3.8) is 0 Å². The average molecular weight is 316 g/mol. The number of benzene rings is 1. The van der Waals surface area contributed by atoms with E-state index in [1.807, 2.05) is 12.1 Å². The number of carbonyl (C=O) groups is 1. The Kier molecular flexibility index (Phi) is 4.12. The summed E-state index contributed by atoms with van der Waals surface area (Å²) in [5.74, 6) is 2.70. The molecule has 23 heavy (non-hydrogen) atoms. The molecule has 0 aromatic heterocycles. The molecule has 0 radical (unpaired) electrons. The van der Waals surface area contributed by atoms with Crippen molar-refractivity contribution in [2.75, 3.05) is 33.0 Å². The van der Waals surface area contributed by atoms with E-state index in [4.69, 9.17) is 9.47 Å². The van der Waals surface area contributed by atoms with E-state index in [1.54, 1.807) is 0 Å². The van der Waals surface area contributed by atoms with Crippen molar-refractivity contribution in [3.8, 4) is 11.5 Å². The van der Waals surface area contributed by atoms with Gasteiger partial charge in [-0.2, -0.15) is 0 Å². The van der Waals surface area contributed by atoms with Crippen LogP contribution in [0.15, 0.2) is 18.2 Å². The Balaban J connectivity index is 1.38. The van der Waals surface area contributed by atoms with Crippen LogP contribution in [0.25, 0.3) is 0 Å². The fraction of sp³-hybridized carbons (Fsp3) is 0.611. The third-order valence-corrected chi connectivity index (χ3v) is 5.13. The van der Waals surface area contributed by atoms with Gasteiger partial charge < -0.3 is 14.4 Å². The molecule has 0 saturated carbocycles. The highest BCUT2D eigenvalue weighted by Crippen LogP contribution is 2.36. The molecule has 1 atom stereocenters. The second-order valence-electron chi connectivity index (χ2n) is 6.84. The van der Waals surface area contributed by atoms with Gasteiger partial charge in [0.15, 0.2) is 11.5 Å². The van der Waals surface area contributed by atoms with Crippen LogP contribution < -0.4 is 9.47 Å². The Morgan fingerprint density at radius 2 is 2.13 bits per heavy atom. The minimum absolute atomic E-state index is 0.325. The summed E-state index contributed by atoms with van der Waals surface area (Å²) < 4.78 is 11.1. The molecule has 0 unspecified atom stereocenters. The van der Waals surface area contributed by atoms with Gasteiger partial charge in [0.25, 0.3) is 0 Å². The molecule has 0 N–H and O–H groups in total. The smallest absolute Gasteiger partial charge is 0.231 e. The van der Waals surface area contributed by atoms with Gasteiger partial charge in [-0.25, -0.2) is 0 Å². The second kappa shape index (κ2) is 6.40. The summed E-state index contributed by atoms with van der Waals surface area (Å²) >= 11 is 0. The number of para-hydroxylation sites is 1. The van der Waals surface area contributed by atoms with Gasteiger partial charge >= 0.3 is 0 Å². The molecule has 3 aliphatic rings. The Hall–Kier alpha value is -1.75. The SMILES string of the molecule is O=C1CCCN1C[C@H]1CCCN(Cc2cccc3c2OCO3)C1. The van der Waals surface area contributed by atoms with Crippen molar-refractivity contribution >= 4 is 5.91 Å². The molecular weight excluding hydrogens is 292 g/mol. The molecule has 3 heterocycles. The van der Waals surface area contributed by atoms with E-state index >= 15 is 0 Å². The van der Waals surface area contributed by atoms with E-state index in [9.17, 15) is 4.79 Å². The highest BCUT2D eigenvalue weighted by Gasteiger charge is 2.27. The summed E-state index contributed by atoms with van der Waals surface area (Å²) in [5.41, 5.74) is 1.21. The van der Waals surface area contributed by atoms with Crippen LogP contribution in [0, 0.1) is 5.92 Å². The first-order valence-corrected chi connectivity index (χ1v) is 8.67. The lowest BCUT2D eigenvalue weighted by Crippen LogP contribution is -2.41. The van der Waals surface area contributed by atoms with E-state index in [-0.39, 0.29) is 0 Å². The Morgan fingerprint density at radius 3 is 3.00 bits per heavy atom. The molecule has 0 bridgehead atoms. The molecule has 1 amide bonds. The number of carbonyl (C=O) groups excluding carboxylic acids is 1. The molecule has 5 nitrogen and oxygen atoms in total. The third-order valence-electron chi connectivity index (χ3n) is 5.13. The number of hydrogen-bond acceptors (Lipinski definition) is 4. The van der Waals surface area contributed by atoms with Crippen molar-refractivity contribution in [1.82, 2.24) is 9.80 Å². The lowest BCUT2D eigenvalue weighted by molar-refractivity contribution is -0.128. The molecule has 2 saturated heterocycles. The van der Waals surface area contributed by atoms with E-state index < -0.39 is 0 Å². The predicted molar refractivity (Wildman–Crippen MR) is 86.4 cm³/mol. The van der Waals surface area contributed by atoms with E-state index in [2.05, 4.69) is 15.9 Å². The van der Waals surface area contributed by atoms with Gasteiger partial charge in [-0.05, 0) is 37.8 Å². The summed E-state index contributed by atoms with van der Waals surface area (Å²) in [4.78, 5) is 16.4. The largest absolute Gasteiger partial charge is 0.454 e. The molecule has 1 aromatic rings. The van der Waals surface area contributed by atoms with Crippen molar-refractivity contribution < 1.29 is 14.3 Å². The number of amides is 1. The number of likely N-dealkylation sites (tertiary alicyclic amines) is 2. The third kappa shape index (κ3) is 3.15. The second-order valence-corrected chi connectivity index (χ2v) is 6.84. The fourth-order valence-electron chi connectivity index (χ4n) is 4.01. The number of hydrogen-bond donors (Lipinski definition) is 0. The van der Waals surface area contributed by atoms with Crippen LogP contribution in [-0.2, 0) is 11.3 Å². The van der Waals surface area contributed by atoms with Gasteiger partial charge in [0, 0.05) is 38.2 Å². The quantitative estimate of drug-likeness (QED) is 0.854. The predicted octanol–water partition coefficient (Wildman–Crippen LogP) is 2.25. The summed E-state index contributed by atoms with van der Waals surface area (Å²) in [6, 6.07) is 6.12. The normalized spacial score (nSPS) is 24.4. The fourth-order valence-corrected chi connectivity index (χ4v) is 4.01. The van der Waals surface area contributed by atoms with Gasteiger partial charge in [0.1, 0.15) is 0 Å². The van der Waals surface area contributed by atoms with Gasteiger partial charge in [0.2, 0.25) is 12.7 Å². The molecule has 0 aliphatic carbocycles. The number of piperidine rings is 1. The van der Waals surface area contributed by atoms with Crippen LogP contribution in [0.4, 0.5) is 0 Å². The first-order valence-electron chi connectivity index (χ1n) is 8.67. The summed E-state index contributed by atoms with van der Waals surface area (Å²) in [6.07, 6.45) is 4.21. The Labute approximate surface area is 137 Å². The van der Waals surface area contributed by atoms with E-state index in [0.717, 1.165) is 57.1 Å². The zero-order valence-electron chi connectivity index (χ0n) is 13.5. The number of ether oxygens (including phenoxy) is 2. The summed E-state index contributed by atoms with van der Waals surface area (Å²) in [7, 11) is 0. The van der Waals surface area contributed by atoms with Crippen molar-refractivity contribution in [3.05, 3.63) is 23.8 Å². The van der Waals surface area contributed by atoms with Crippen LogP contribution in [0.3, 0.4) is 0 Å². The van der Waals surface area contributed by atoms with Crippen LogP contribution in [0.2, 0.25) is 0 Å². The van der Waals surface area contributed by atoms with Crippen LogP contribution in [0.5, 0.6) is 11.5 Å². The monoisotopic (exact) mass is 316 g/mol. The van der Waals surface area contributed by atoms with Crippen LogP contribution in [0.1, 0.15) is 31.2 Å². The van der Waals surface area contributed by atoms with Gasteiger partial charge in [-0.15, -0.1) is 0 Å². The zero-order chi connectivity index (χ0) is 15.6. The molecule has 1 aromatic carbocycles. The lowest BCUT2D eigenvalue weighted by Gasteiger charge is -2.34. The number of rotatable bonds is 4. The minimum Gasteiger partial charge on any atom is -0.454 e. The molecule has 2 fully saturated rings. The lowest BCUT2D eigenvalue weighted by atomic mass is 9.97. The highest BCUT2D eigenvalue weighted by molar-refractivity contribution is 5.78. The standard InChI is InChI=1S/C18H24N2O3/c21-17-7-3-9-20(17)11-14-4-2-8-19(10-14)12-15-5-1-6-16-18(15)23-13-22-16/h1,5-6,14H,2-4,7-13H2/t14-/m0/s1. The Bertz CT molecular complexity index is 590. The summed E-state index contributed by atoms with van der Waals surface area (Å²) in [6.45, 7) is 5.29. The van der Waals surface area contributed by atoms with E-state index in [1.165, 1.54) is 18.4 Å². The van der Waals surface area contributed by atoms with Gasteiger partial charge in [-0.3, -0.25) is 9.69 Å². The van der Waals surface area contributed by atoms with Crippen molar-refractivity contribution in [2.45, 2.75) is 32.2 Å². The van der Waals surface area contributed by atoms with Crippen molar-refractivity contribution in [2.24, 2.45) is 5.92 Å². The maximum absolute atomic E-state index is 11.8. The molecule has 4 rings (SSSR count). The van der Waals surface area contributed by atoms with Crippen LogP contribution in [-0.4, -0.2) is 48.7 Å². The van der Waals surface area contributed by atoms with Gasteiger partial charge in [0.05, 0.1) is 0 Å². The maximum atomic E-state index is 11.8. The summed E-state index contributed by atoms with van der Waals surface area (Å²) in [5, 5.41) is 0. The first-order chi connectivity index (χ1) is 11.3. The molecule has 124 valence electrons. The minimum atomic E-state index is 0.325. The average Bonchev–Trinajstić information content (AvgIpc) is 3.18. The first kappa shape index (κ1) is 14.8. The molecule has 5 heteroatoms. The van der Waals surface area contributed by atoms with Crippen molar-refractivity contribution in [1.29, 1.82) is 0 Å².